The Morgan fingerprint density at radius 2 is 1.54 bits per heavy atom. The van der Waals surface area contributed by atoms with Gasteiger partial charge in [0.25, 0.3) is 0 Å². The van der Waals surface area contributed by atoms with Crippen LogP contribution in [0.15, 0.2) is 54.6 Å². The van der Waals surface area contributed by atoms with Crippen molar-refractivity contribution in [1.82, 2.24) is 0 Å². The van der Waals surface area contributed by atoms with Crippen molar-refractivity contribution >= 4 is 52.4 Å². The Bertz CT molecular complexity index is 910. The van der Waals surface area contributed by atoms with Gasteiger partial charge in [0.1, 0.15) is 18.1 Å². The van der Waals surface area contributed by atoms with Gasteiger partial charge in [0, 0.05) is 0 Å². The van der Waals surface area contributed by atoms with E-state index in [4.69, 9.17) is 55.9 Å². The van der Waals surface area contributed by atoms with Gasteiger partial charge in [0.2, 0.25) is 0 Å². The van der Waals surface area contributed by atoms with Crippen LogP contribution in [-0.2, 0) is 16.1 Å². The first kappa shape index (κ1) is 20.2. The number of ether oxygens (including phenoxy) is 2. The van der Waals surface area contributed by atoms with E-state index in [1.807, 2.05) is 68.4 Å². The molecule has 0 amide bonds. The summed E-state index contributed by atoms with van der Waals surface area (Å²) in [6, 6.07) is 16.8. The molecular formula is C21H18Cl4O3. The van der Waals surface area contributed by atoms with Gasteiger partial charge in [-0.25, -0.2) is 0 Å². The van der Waals surface area contributed by atoms with Crippen LogP contribution in [0.5, 0.6) is 11.5 Å². The molecule has 4 rings (SSSR count). The molecule has 1 spiro atoms. The molecular weight excluding hydrogens is 442 g/mol. The number of esters is 1. The summed E-state index contributed by atoms with van der Waals surface area (Å²) in [6.07, 6.45) is 0. The normalized spacial score (nSPS) is 24.4. The van der Waals surface area contributed by atoms with Crippen LogP contribution in [0.25, 0.3) is 0 Å². The van der Waals surface area contributed by atoms with Gasteiger partial charge in [-0.2, -0.15) is 0 Å². The van der Waals surface area contributed by atoms with E-state index in [1.165, 1.54) is 0 Å². The molecule has 2 aliphatic carbocycles. The number of benzene rings is 2. The fraction of sp³-hybridized carbons (Fsp3) is 0.381. The lowest BCUT2D eigenvalue weighted by molar-refractivity contribution is -0.147. The number of hydrogen-bond donors (Lipinski definition) is 0. The van der Waals surface area contributed by atoms with Gasteiger partial charge < -0.3 is 9.47 Å². The van der Waals surface area contributed by atoms with E-state index in [9.17, 15) is 4.79 Å². The Hall–Kier alpha value is -1.13. The highest BCUT2D eigenvalue weighted by Crippen LogP contribution is 2.97. The fourth-order valence-electron chi connectivity index (χ4n) is 4.40. The number of carbonyl (C=O) groups excluding carboxylic acids is 1. The summed E-state index contributed by atoms with van der Waals surface area (Å²) in [5.74, 6) is 0.418. The van der Waals surface area contributed by atoms with Gasteiger partial charge in [0.05, 0.1) is 11.3 Å². The van der Waals surface area contributed by atoms with Crippen molar-refractivity contribution in [3.63, 3.8) is 0 Å². The molecule has 2 fully saturated rings. The van der Waals surface area contributed by atoms with E-state index in [2.05, 4.69) is 0 Å². The molecule has 0 N–H and O–H groups in total. The topological polar surface area (TPSA) is 35.5 Å². The Balaban J connectivity index is 1.42. The summed E-state index contributed by atoms with van der Waals surface area (Å²) in [7, 11) is 0. The van der Waals surface area contributed by atoms with E-state index >= 15 is 0 Å². The number of alkyl halides is 4. The number of halogens is 4. The number of hydrogen-bond acceptors (Lipinski definition) is 3. The average molecular weight is 460 g/mol. The maximum Gasteiger partial charge on any atom is 0.310 e. The largest absolute Gasteiger partial charge is 0.461 e. The van der Waals surface area contributed by atoms with Crippen molar-refractivity contribution in [2.45, 2.75) is 29.1 Å². The summed E-state index contributed by atoms with van der Waals surface area (Å²) in [5.41, 5.74) is -0.639. The second kappa shape index (κ2) is 6.43. The number of carbonyl (C=O) groups is 1. The molecule has 2 aliphatic rings. The minimum absolute atomic E-state index is 0.0998. The Kier molecular flexibility index (Phi) is 4.63. The smallest absolute Gasteiger partial charge is 0.310 e. The highest BCUT2D eigenvalue weighted by Gasteiger charge is 3.05. The van der Waals surface area contributed by atoms with E-state index in [0.717, 1.165) is 11.3 Å². The van der Waals surface area contributed by atoms with Crippen LogP contribution >= 0.6 is 46.4 Å². The molecule has 0 saturated heterocycles. The molecule has 0 aliphatic heterocycles. The summed E-state index contributed by atoms with van der Waals surface area (Å²) >= 11 is 25.2. The lowest BCUT2D eigenvalue weighted by Gasteiger charge is -2.09. The van der Waals surface area contributed by atoms with Crippen molar-refractivity contribution in [2.24, 2.45) is 16.7 Å². The van der Waals surface area contributed by atoms with Gasteiger partial charge in [-0.3, -0.25) is 4.79 Å². The van der Waals surface area contributed by atoms with E-state index in [1.54, 1.807) is 0 Å². The van der Waals surface area contributed by atoms with Crippen molar-refractivity contribution in [3.05, 3.63) is 60.2 Å². The second-order valence-electron chi connectivity index (χ2n) is 7.78. The van der Waals surface area contributed by atoms with Crippen LogP contribution in [-0.4, -0.2) is 14.6 Å². The molecule has 2 aromatic carbocycles. The molecule has 2 aromatic rings. The first-order chi connectivity index (χ1) is 13.1. The van der Waals surface area contributed by atoms with Gasteiger partial charge >= 0.3 is 5.97 Å². The summed E-state index contributed by atoms with van der Waals surface area (Å²) in [5, 5.41) is 0. The Morgan fingerprint density at radius 3 is 2.11 bits per heavy atom. The zero-order chi connectivity index (χ0) is 20.4. The average Bonchev–Trinajstić information content (AvgIpc) is 3.32. The molecule has 148 valence electrons. The second-order valence-corrected chi connectivity index (χ2v) is 10.4. The quantitative estimate of drug-likeness (QED) is 0.376. The van der Waals surface area contributed by atoms with E-state index in [0.29, 0.717) is 5.75 Å². The van der Waals surface area contributed by atoms with Crippen LogP contribution in [0.1, 0.15) is 19.4 Å². The van der Waals surface area contributed by atoms with Crippen LogP contribution in [0.3, 0.4) is 0 Å². The minimum Gasteiger partial charge on any atom is -0.461 e. The third-order valence-corrected chi connectivity index (χ3v) is 8.62. The molecule has 1 unspecified atom stereocenters. The van der Waals surface area contributed by atoms with Crippen LogP contribution < -0.4 is 4.74 Å². The highest BCUT2D eigenvalue weighted by atomic mass is 35.5. The maximum atomic E-state index is 12.7. The standard InChI is InChI=1S/C21H18Cl4O3/c1-18(2)16(19(18)20(22,23)21(19,24)25)17(26)27-12-13-7-6-10-15(11-13)28-14-8-4-3-5-9-14/h3-11,16H,12H2,1-2H3. The zero-order valence-corrected chi connectivity index (χ0v) is 18.2. The van der Waals surface area contributed by atoms with Crippen LogP contribution in [0, 0.1) is 16.7 Å². The summed E-state index contributed by atoms with van der Waals surface area (Å²) in [6.45, 7) is 3.85. The first-order valence-electron chi connectivity index (χ1n) is 8.81. The SMILES string of the molecule is CC1(C)C(C(=O)OCc2cccc(Oc3ccccc3)c2)C12C(Cl)(Cl)C2(Cl)Cl. The van der Waals surface area contributed by atoms with Crippen LogP contribution in [0.2, 0.25) is 0 Å². The number of rotatable bonds is 5. The molecule has 28 heavy (non-hydrogen) atoms. The van der Waals surface area contributed by atoms with E-state index < -0.39 is 31.4 Å². The molecule has 0 aromatic heterocycles. The molecule has 2 saturated carbocycles. The Morgan fingerprint density at radius 1 is 0.929 bits per heavy atom. The molecule has 7 heteroatoms. The summed E-state index contributed by atoms with van der Waals surface area (Å²) < 4.78 is 8.58. The third kappa shape index (κ3) is 2.60. The molecule has 0 heterocycles. The van der Waals surface area contributed by atoms with Gasteiger partial charge in [0.15, 0.2) is 8.67 Å². The van der Waals surface area contributed by atoms with Gasteiger partial charge in [-0.1, -0.05) is 90.6 Å². The lowest BCUT2D eigenvalue weighted by Crippen LogP contribution is -2.11. The predicted molar refractivity (Wildman–Crippen MR) is 111 cm³/mol. The van der Waals surface area contributed by atoms with E-state index in [-0.39, 0.29) is 6.61 Å². The molecule has 0 bridgehead atoms. The molecule has 1 atom stereocenters. The highest BCUT2D eigenvalue weighted by molar-refractivity contribution is 6.70. The third-order valence-electron chi connectivity index (χ3n) is 5.90. The maximum absolute atomic E-state index is 12.7. The van der Waals surface area contributed by atoms with Crippen molar-refractivity contribution in [2.75, 3.05) is 0 Å². The monoisotopic (exact) mass is 458 g/mol. The van der Waals surface area contributed by atoms with Gasteiger partial charge in [-0.05, 0) is 35.2 Å². The first-order valence-corrected chi connectivity index (χ1v) is 10.3. The predicted octanol–water partition coefficient (Wildman–Crippen LogP) is 6.53. The molecule has 0 radical (unpaired) electrons. The van der Waals surface area contributed by atoms with Crippen molar-refractivity contribution < 1.29 is 14.3 Å². The van der Waals surface area contributed by atoms with Crippen LogP contribution in [0.4, 0.5) is 0 Å². The Labute approximate surface area is 183 Å². The fourth-order valence-corrected chi connectivity index (χ4v) is 6.98. The molecule has 3 nitrogen and oxygen atoms in total. The zero-order valence-electron chi connectivity index (χ0n) is 15.2. The lowest BCUT2D eigenvalue weighted by atomic mass is 10.1. The number of para-hydroxylation sites is 1. The minimum atomic E-state index is -1.38. The van der Waals surface area contributed by atoms with Crippen molar-refractivity contribution in [1.29, 1.82) is 0 Å². The van der Waals surface area contributed by atoms with Gasteiger partial charge in [-0.15, -0.1) is 0 Å². The summed E-state index contributed by atoms with van der Waals surface area (Å²) in [4.78, 5) is 12.7. The van der Waals surface area contributed by atoms with Crippen molar-refractivity contribution in [3.8, 4) is 11.5 Å².